The lowest BCUT2D eigenvalue weighted by Crippen LogP contribution is -2.09. The SMILES string of the molecule is FC(F)(F)c1cccc(OCCCCn2cnc3ccccc32)c1.O=C(O)C(=O)O. The van der Waals surface area contributed by atoms with Gasteiger partial charge in [0, 0.05) is 6.54 Å². The van der Waals surface area contributed by atoms with E-state index in [0.717, 1.165) is 42.6 Å². The number of halogens is 3. The third-order valence-electron chi connectivity index (χ3n) is 3.93. The molecule has 1 heterocycles. The monoisotopic (exact) mass is 424 g/mol. The molecule has 2 N–H and O–H groups in total. The summed E-state index contributed by atoms with van der Waals surface area (Å²) < 4.78 is 45.4. The Bertz CT molecular complexity index is 989. The minimum absolute atomic E-state index is 0.248. The average molecular weight is 424 g/mol. The Balaban J connectivity index is 0.000000469. The number of fused-ring (bicyclic) bond motifs is 1. The van der Waals surface area contributed by atoms with Gasteiger partial charge in [0.15, 0.2) is 0 Å². The standard InChI is InChI=1S/C18H17F3N2O.C2H2O4/c19-18(20,21)14-6-5-7-15(12-14)24-11-4-3-10-23-13-22-16-8-1-2-9-17(16)23;3-1(4)2(5)6/h1-2,5-9,12-13H,3-4,10-11H2;(H,3,4)(H,5,6). The minimum atomic E-state index is -4.35. The topological polar surface area (TPSA) is 102 Å². The van der Waals surface area contributed by atoms with E-state index in [1.807, 2.05) is 24.3 Å². The van der Waals surface area contributed by atoms with Crippen molar-refractivity contribution in [1.29, 1.82) is 0 Å². The third-order valence-corrected chi connectivity index (χ3v) is 3.93. The maximum atomic E-state index is 12.6. The van der Waals surface area contributed by atoms with Gasteiger partial charge in [-0.3, -0.25) is 0 Å². The smallest absolute Gasteiger partial charge is 0.416 e. The van der Waals surface area contributed by atoms with Gasteiger partial charge in [-0.2, -0.15) is 13.2 Å². The van der Waals surface area contributed by atoms with Gasteiger partial charge in [0.1, 0.15) is 5.75 Å². The molecule has 30 heavy (non-hydrogen) atoms. The van der Waals surface area contributed by atoms with Crippen LogP contribution in [0.3, 0.4) is 0 Å². The van der Waals surface area contributed by atoms with E-state index in [-0.39, 0.29) is 5.75 Å². The summed E-state index contributed by atoms with van der Waals surface area (Å²) in [5.41, 5.74) is 1.35. The molecule has 3 rings (SSSR count). The highest BCUT2D eigenvalue weighted by atomic mass is 19.4. The van der Waals surface area contributed by atoms with E-state index >= 15 is 0 Å². The quantitative estimate of drug-likeness (QED) is 0.457. The van der Waals surface area contributed by atoms with Crippen molar-refractivity contribution in [3.63, 3.8) is 0 Å². The molecule has 0 aliphatic heterocycles. The molecule has 0 aliphatic carbocycles. The van der Waals surface area contributed by atoms with Crippen LogP contribution in [0.4, 0.5) is 13.2 Å². The minimum Gasteiger partial charge on any atom is -0.494 e. The summed E-state index contributed by atoms with van der Waals surface area (Å²) in [4.78, 5) is 22.5. The molecule has 2 aromatic carbocycles. The molecule has 7 nitrogen and oxygen atoms in total. The lowest BCUT2D eigenvalue weighted by atomic mass is 10.2. The molecule has 0 bridgehead atoms. The largest absolute Gasteiger partial charge is 0.494 e. The van der Waals surface area contributed by atoms with Gasteiger partial charge in [-0.05, 0) is 43.2 Å². The molecule has 0 radical (unpaired) electrons. The van der Waals surface area contributed by atoms with Gasteiger partial charge < -0.3 is 19.5 Å². The normalized spacial score (nSPS) is 10.9. The first-order valence-electron chi connectivity index (χ1n) is 8.84. The second kappa shape index (κ2) is 10.3. The fourth-order valence-corrected chi connectivity index (χ4v) is 2.52. The summed E-state index contributed by atoms with van der Waals surface area (Å²) in [6.45, 7) is 1.18. The summed E-state index contributed by atoms with van der Waals surface area (Å²) in [6.07, 6.45) is -0.928. The van der Waals surface area contributed by atoms with E-state index < -0.39 is 23.7 Å². The van der Waals surface area contributed by atoms with Crippen LogP contribution in [0.5, 0.6) is 5.75 Å². The number of imidazole rings is 1. The maximum Gasteiger partial charge on any atom is 0.416 e. The Morgan fingerprint density at radius 1 is 1.00 bits per heavy atom. The van der Waals surface area contributed by atoms with Crippen molar-refractivity contribution >= 4 is 23.0 Å². The third kappa shape index (κ3) is 6.80. The molecule has 0 amide bonds. The number of rotatable bonds is 6. The number of carboxylic acids is 2. The van der Waals surface area contributed by atoms with Crippen molar-refractivity contribution in [3.8, 4) is 5.75 Å². The maximum absolute atomic E-state index is 12.6. The van der Waals surface area contributed by atoms with Gasteiger partial charge >= 0.3 is 18.1 Å². The molecule has 0 aliphatic rings. The van der Waals surface area contributed by atoms with Crippen LogP contribution in [-0.4, -0.2) is 38.3 Å². The number of aliphatic carboxylic acids is 2. The van der Waals surface area contributed by atoms with Crippen molar-refractivity contribution in [1.82, 2.24) is 9.55 Å². The summed E-state index contributed by atoms with van der Waals surface area (Å²) in [5.74, 6) is -3.40. The molecule has 1 aromatic heterocycles. The highest BCUT2D eigenvalue weighted by Gasteiger charge is 2.30. The number of alkyl halides is 3. The predicted molar refractivity (Wildman–Crippen MR) is 101 cm³/mol. The number of nitrogens with zero attached hydrogens (tertiary/aromatic N) is 2. The van der Waals surface area contributed by atoms with E-state index in [9.17, 15) is 13.2 Å². The number of hydrogen-bond acceptors (Lipinski definition) is 4. The van der Waals surface area contributed by atoms with E-state index in [1.54, 1.807) is 12.4 Å². The fraction of sp³-hybridized carbons (Fsp3) is 0.250. The molecule has 0 fully saturated rings. The number of ether oxygens (including phenoxy) is 1. The van der Waals surface area contributed by atoms with Crippen LogP contribution >= 0.6 is 0 Å². The van der Waals surface area contributed by atoms with Crippen LogP contribution in [0, 0.1) is 0 Å². The van der Waals surface area contributed by atoms with Crippen LogP contribution in [0.25, 0.3) is 11.0 Å². The van der Waals surface area contributed by atoms with E-state index in [2.05, 4.69) is 9.55 Å². The molecule has 160 valence electrons. The summed E-state index contributed by atoms with van der Waals surface area (Å²) >= 11 is 0. The first kappa shape index (κ1) is 22.7. The number of aryl methyl sites for hydroxylation is 1. The van der Waals surface area contributed by atoms with Crippen molar-refractivity contribution < 1.29 is 37.7 Å². The zero-order valence-corrected chi connectivity index (χ0v) is 15.7. The van der Waals surface area contributed by atoms with Crippen molar-refractivity contribution in [3.05, 3.63) is 60.4 Å². The number of hydrogen-bond donors (Lipinski definition) is 2. The van der Waals surface area contributed by atoms with Gasteiger partial charge in [0.25, 0.3) is 0 Å². The molecule has 0 spiro atoms. The molecule has 0 atom stereocenters. The molecule has 10 heteroatoms. The summed E-state index contributed by atoms with van der Waals surface area (Å²) in [5, 5.41) is 14.8. The van der Waals surface area contributed by atoms with E-state index in [1.165, 1.54) is 6.07 Å². The molecule has 0 saturated heterocycles. The summed E-state index contributed by atoms with van der Waals surface area (Å²) in [6, 6.07) is 12.9. The highest BCUT2D eigenvalue weighted by molar-refractivity contribution is 6.27. The number of carboxylic acid groups (broad SMARTS) is 2. The van der Waals surface area contributed by atoms with Crippen molar-refractivity contribution in [2.24, 2.45) is 0 Å². The molecule has 3 aromatic rings. The lowest BCUT2D eigenvalue weighted by molar-refractivity contribution is -0.159. The van der Waals surface area contributed by atoms with Crippen LogP contribution < -0.4 is 4.74 Å². The summed E-state index contributed by atoms with van der Waals surface area (Å²) in [7, 11) is 0. The first-order chi connectivity index (χ1) is 14.2. The molecular weight excluding hydrogens is 405 g/mol. The van der Waals surface area contributed by atoms with E-state index in [4.69, 9.17) is 24.5 Å². The Kier molecular flexibility index (Phi) is 7.79. The Morgan fingerprint density at radius 2 is 1.70 bits per heavy atom. The Morgan fingerprint density at radius 3 is 2.37 bits per heavy atom. The molecule has 0 saturated carbocycles. The zero-order chi connectivity index (χ0) is 22.1. The number of aromatic nitrogens is 2. The van der Waals surface area contributed by atoms with Crippen molar-refractivity contribution in [2.45, 2.75) is 25.6 Å². The van der Waals surface area contributed by atoms with Gasteiger partial charge in [0.2, 0.25) is 0 Å². The number of benzene rings is 2. The Labute approximate surface area is 169 Å². The van der Waals surface area contributed by atoms with E-state index in [0.29, 0.717) is 6.61 Å². The van der Waals surface area contributed by atoms with Crippen LogP contribution in [0.2, 0.25) is 0 Å². The van der Waals surface area contributed by atoms with Crippen LogP contribution in [-0.2, 0) is 22.3 Å². The van der Waals surface area contributed by atoms with Gasteiger partial charge in [-0.1, -0.05) is 18.2 Å². The number of carbonyl (C=O) groups is 2. The molecular formula is C20H19F3N2O5. The lowest BCUT2D eigenvalue weighted by Gasteiger charge is -2.10. The van der Waals surface area contributed by atoms with Crippen molar-refractivity contribution in [2.75, 3.05) is 6.61 Å². The molecule has 0 unspecified atom stereocenters. The number of para-hydroxylation sites is 2. The second-order valence-corrected chi connectivity index (χ2v) is 6.12. The number of unbranched alkanes of at least 4 members (excludes halogenated alkanes) is 1. The second-order valence-electron chi connectivity index (χ2n) is 6.12. The van der Waals surface area contributed by atoms with Crippen LogP contribution in [0.15, 0.2) is 54.9 Å². The fourth-order valence-electron chi connectivity index (χ4n) is 2.52. The van der Waals surface area contributed by atoms with Gasteiger partial charge in [-0.25, -0.2) is 14.6 Å². The first-order valence-corrected chi connectivity index (χ1v) is 8.84. The predicted octanol–water partition coefficient (Wildman–Crippen LogP) is 4.07. The van der Waals surface area contributed by atoms with Gasteiger partial charge in [0.05, 0.1) is 29.5 Å². The zero-order valence-electron chi connectivity index (χ0n) is 15.7. The average Bonchev–Trinajstić information content (AvgIpc) is 3.11. The highest BCUT2D eigenvalue weighted by Crippen LogP contribution is 2.31. The Hall–Kier alpha value is -3.56. The van der Waals surface area contributed by atoms with Gasteiger partial charge in [-0.15, -0.1) is 0 Å². The van der Waals surface area contributed by atoms with Crippen LogP contribution in [0.1, 0.15) is 18.4 Å².